The third-order valence-corrected chi connectivity index (χ3v) is 8.80. The van der Waals surface area contributed by atoms with Crippen LogP contribution in [-0.2, 0) is 27.3 Å². The number of phenolic OH excluding ortho intramolecular Hbond substituents is 1. The Kier molecular flexibility index (Phi) is 6.94. The summed E-state index contributed by atoms with van der Waals surface area (Å²) >= 11 is 0. The van der Waals surface area contributed by atoms with E-state index in [0.29, 0.717) is 23.8 Å². The molecule has 4 aliphatic rings. The number of nitrogens with zero attached hydrogens (tertiary/aromatic N) is 1. The van der Waals surface area contributed by atoms with Crippen molar-refractivity contribution in [2.24, 2.45) is 23.5 Å². The molecule has 11 nitrogen and oxygen atoms in total. The van der Waals surface area contributed by atoms with Crippen molar-refractivity contribution in [1.82, 2.24) is 4.90 Å². The highest BCUT2D eigenvalue weighted by Gasteiger charge is 2.59. The number of benzene rings is 1. The number of amides is 1. The number of aromatic hydroxyl groups is 1. The van der Waals surface area contributed by atoms with Crippen LogP contribution in [0.1, 0.15) is 47.2 Å². The number of hydrogen-bond acceptors (Lipinski definition) is 10. The van der Waals surface area contributed by atoms with Crippen LogP contribution in [0.4, 0.5) is 0 Å². The average Bonchev–Trinajstić information content (AvgIpc) is 2.87. The fourth-order valence-corrected chi connectivity index (χ4v) is 6.89. The largest absolute Gasteiger partial charge is 0.511 e. The minimum Gasteiger partial charge on any atom is -0.511 e. The third-order valence-electron chi connectivity index (χ3n) is 8.80. The number of carbonyl (C=O) groups is 3. The normalized spacial score (nSPS) is 27.8. The Morgan fingerprint density at radius 1 is 1.15 bits per heavy atom. The van der Waals surface area contributed by atoms with E-state index >= 15 is 0 Å². The number of primary amides is 1. The van der Waals surface area contributed by atoms with Crippen molar-refractivity contribution < 1.29 is 44.3 Å². The molecule has 11 heteroatoms. The molecule has 39 heavy (non-hydrogen) atoms. The zero-order chi connectivity index (χ0) is 28.2. The molecule has 210 valence electrons. The number of piperidine rings is 1. The molecule has 3 aliphatic carbocycles. The topological polar surface area (TPSA) is 180 Å². The van der Waals surface area contributed by atoms with E-state index in [9.17, 15) is 34.8 Å². The SMILES string of the molecule is COCC1CCN(Cc2cc(O)c3c(c2OC)CC2C[C@H]4CC(O)=C(C(N)=O)C(=O)[C@@]4(O)C(O)=C2C3=O)CC1. The van der Waals surface area contributed by atoms with Gasteiger partial charge >= 0.3 is 0 Å². The fraction of sp³-hybridized carbons (Fsp3) is 0.536. The molecule has 1 aromatic rings. The lowest BCUT2D eigenvalue weighted by atomic mass is 9.60. The van der Waals surface area contributed by atoms with Gasteiger partial charge in [0.25, 0.3) is 5.91 Å². The number of aliphatic hydroxyl groups excluding tert-OH is 2. The highest BCUT2D eigenvalue weighted by atomic mass is 16.5. The number of likely N-dealkylation sites (tertiary alicyclic amines) is 1. The minimum atomic E-state index is -2.58. The number of methoxy groups -OCH3 is 2. The van der Waals surface area contributed by atoms with Gasteiger partial charge in [-0.15, -0.1) is 0 Å². The second-order valence-electron chi connectivity index (χ2n) is 11.0. The third kappa shape index (κ3) is 4.19. The maximum atomic E-state index is 13.7. The summed E-state index contributed by atoms with van der Waals surface area (Å²) in [5.41, 5.74) is 2.86. The number of aliphatic hydroxyl groups is 3. The number of ether oxygens (including phenoxy) is 2. The summed E-state index contributed by atoms with van der Waals surface area (Å²) in [6.07, 6.45) is 1.99. The van der Waals surface area contributed by atoms with E-state index in [1.54, 1.807) is 7.11 Å². The summed E-state index contributed by atoms with van der Waals surface area (Å²) in [7, 11) is 3.20. The zero-order valence-electron chi connectivity index (χ0n) is 22.0. The Morgan fingerprint density at radius 2 is 1.85 bits per heavy atom. The number of ketones is 2. The molecule has 6 N–H and O–H groups in total. The summed E-state index contributed by atoms with van der Waals surface area (Å²) in [4.78, 5) is 40.9. The number of nitrogens with two attached hydrogens (primary N) is 1. The molecular weight excluding hydrogens is 508 g/mol. The molecule has 1 aromatic carbocycles. The second-order valence-corrected chi connectivity index (χ2v) is 11.0. The minimum absolute atomic E-state index is 0.0500. The van der Waals surface area contributed by atoms with Crippen molar-refractivity contribution in [1.29, 1.82) is 0 Å². The molecule has 0 saturated carbocycles. The first-order valence-corrected chi connectivity index (χ1v) is 13.1. The van der Waals surface area contributed by atoms with E-state index in [-0.39, 0.29) is 36.1 Å². The molecular formula is C28H34N2O9. The van der Waals surface area contributed by atoms with Crippen LogP contribution in [-0.4, -0.2) is 82.3 Å². The fourth-order valence-electron chi connectivity index (χ4n) is 6.89. The molecule has 1 aliphatic heterocycles. The van der Waals surface area contributed by atoms with Crippen LogP contribution in [0, 0.1) is 17.8 Å². The summed E-state index contributed by atoms with van der Waals surface area (Å²) in [5, 5.41) is 43.8. The number of fused-ring (bicyclic) bond motifs is 3. The Labute approximate surface area is 225 Å². The van der Waals surface area contributed by atoms with Crippen molar-refractivity contribution in [3.63, 3.8) is 0 Å². The number of allylic oxidation sites excluding steroid dienone is 2. The molecule has 0 radical (unpaired) electrons. The second kappa shape index (κ2) is 9.96. The van der Waals surface area contributed by atoms with Gasteiger partial charge < -0.3 is 35.6 Å². The first-order chi connectivity index (χ1) is 18.5. The number of rotatable bonds is 6. The molecule has 3 atom stereocenters. The Bertz CT molecular complexity index is 1310. The van der Waals surface area contributed by atoms with Gasteiger partial charge in [0.2, 0.25) is 5.78 Å². The van der Waals surface area contributed by atoms with Gasteiger partial charge in [-0.25, -0.2) is 0 Å². The number of hydrogen-bond donors (Lipinski definition) is 5. The summed E-state index contributed by atoms with van der Waals surface area (Å²) in [5.74, 6) is -5.49. The van der Waals surface area contributed by atoms with Crippen LogP contribution in [0.2, 0.25) is 0 Å². The van der Waals surface area contributed by atoms with E-state index < -0.39 is 52.0 Å². The van der Waals surface area contributed by atoms with Gasteiger partial charge in [-0.2, -0.15) is 0 Å². The highest BCUT2D eigenvalue weighted by molar-refractivity contribution is 6.24. The van der Waals surface area contributed by atoms with E-state index in [0.717, 1.165) is 38.1 Å². The lowest BCUT2D eigenvalue weighted by molar-refractivity contribution is -0.144. The van der Waals surface area contributed by atoms with Gasteiger partial charge in [0.1, 0.15) is 28.6 Å². The van der Waals surface area contributed by atoms with Gasteiger partial charge in [-0.3, -0.25) is 19.3 Å². The Hall–Kier alpha value is -3.41. The Balaban J connectivity index is 1.51. The van der Waals surface area contributed by atoms with E-state index in [1.807, 2.05) is 0 Å². The number of phenols is 1. The molecule has 5 rings (SSSR count). The first-order valence-electron chi connectivity index (χ1n) is 13.1. The van der Waals surface area contributed by atoms with Crippen LogP contribution in [0.25, 0.3) is 0 Å². The van der Waals surface area contributed by atoms with Gasteiger partial charge in [0.05, 0.1) is 12.7 Å². The maximum absolute atomic E-state index is 13.7. The quantitative estimate of drug-likeness (QED) is 0.330. The van der Waals surface area contributed by atoms with Crippen LogP contribution < -0.4 is 10.5 Å². The van der Waals surface area contributed by atoms with Crippen LogP contribution in [0.15, 0.2) is 28.7 Å². The first kappa shape index (κ1) is 27.2. The molecule has 1 fully saturated rings. The molecule has 1 saturated heterocycles. The molecule has 0 aromatic heterocycles. The molecule has 0 bridgehead atoms. The van der Waals surface area contributed by atoms with Gasteiger partial charge in [0, 0.05) is 49.3 Å². The molecule has 0 spiro atoms. The summed E-state index contributed by atoms with van der Waals surface area (Å²) < 4.78 is 11.0. The summed E-state index contributed by atoms with van der Waals surface area (Å²) in [6, 6.07) is 1.49. The van der Waals surface area contributed by atoms with Crippen molar-refractivity contribution in [3.8, 4) is 11.5 Å². The number of carbonyl (C=O) groups excluding carboxylic acids is 3. The smallest absolute Gasteiger partial charge is 0.255 e. The Morgan fingerprint density at radius 3 is 2.46 bits per heavy atom. The molecule has 1 unspecified atom stereocenters. The van der Waals surface area contributed by atoms with Crippen molar-refractivity contribution in [3.05, 3.63) is 45.4 Å². The van der Waals surface area contributed by atoms with E-state index in [2.05, 4.69) is 4.90 Å². The van der Waals surface area contributed by atoms with Crippen molar-refractivity contribution >= 4 is 17.5 Å². The summed E-state index contributed by atoms with van der Waals surface area (Å²) in [6.45, 7) is 2.95. The van der Waals surface area contributed by atoms with E-state index in [1.165, 1.54) is 13.2 Å². The van der Waals surface area contributed by atoms with Gasteiger partial charge in [-0.05, 0) is 56.7 Å². The van der Waals surface area contributed by atoms with Crippen LogP contribution in [0.5, 0.6) is 11.5 Å². The standard InChI is InChI=1S/C28H34N2O9/c1-38-12-13-3-5-30(6-4-13)11-15-9-18(31)21-17(24(15)39-2)8-14-7-16-10-19(32)22(27(29)36)26(35)28(16,37)25(34)20(14)23(21)33/h9,13-14,16,31-32,34,37H,3-8,10-12H2,1-2H3,(H2,29,36)/t14?,16-,28-/m0/s1. The lowest BCUT2D eigenvalue weighted by Crippen LogP contribution is -2.57. The average molecular weight is 543 g/mol. The number of Topliss-reactive ketones (excluding diaryl/α,β-unsaturated/α-hetero) is 2. The zero-order valence-corrected chi connectivity index (χ0v) is 22.0. The molecule has 1 amide bonds. The molecule has 1 heterocycles. The monoisotopic (exact) mass is 542 g/mol. The predicted octanol–water partition coefficient (Wildman–Crippen LogP) is 1.45. The highest BCUT2D eigenvalue weighted by Crippen LogP contribution is 2.52. The van der Waals surface area contributed by atoms with Crippen LogP contribution >= 0.6 is 0 Å². The van der Waals surface area contributed by atoms with Crippen LogP contribution in [0.3, 0.4) is 0 Å². The van der Waals surface area contributed by atoms with Crippen molar-refractivity contribution in [2.45, 2.75) is 44.2 Å². The van der Waals surface area contributed by atoms with Gasteiger partial charge in [-0.1, -0.05) is 0 Å². The van der Waals surface area contributed by atoms with E-state index in [4.69, 9.17) is 15.2 Å². The maximum Gasteiger partial charge on any atom is 0.255 e. The lowest BCUT2D eigenvalue weighted by Gasteiger charge is -2.45. The van der Waals surface area contributed by atoms with Gasteiger partial charge in [0.15, 0.2) is 11.4 Å². The van der Waals surface area contributed by atoms with Crippen molar-refractivity contribution in [2.75, 3.05) is 33.9 Å². The predicted molar refractivity (Wildman–Crippen MR) is 137 cm³/mol.